The van der Waals surface area contributed by atoms with Crippen molar-refractivity contribution in [1.82, 2.24) is 5.32 Å². The minimum absolute atomic E-state index is 0.0373. The highest BCUT2D eigenvalue weighted by Gasteiger charge is 2.25. The zero-order chi connectivity index (χ0) is 22.1. The highest BCUT2D eigenvalue weighted by atomic mass is 35.5. The van der Waals surface area contributed by atoms with Gasteiger partial charge in [0.25, 0.3) is 0 Å². The number of carbonyl (C=O) groups excluding carboxylic acids is 2. The molecule has 0 spiro atoms. The van der Waals surface area contributed by atoms with Crippen molar-refractivity contribution in [1.29, 1.82) is 0 Å². The Morgan fingerprint density at radius 2 is 1.79 bits per heavy atom. The SMILES string of the molecule is CCC(CSC[C@@H](NC(C)=O)C(=O)O)C(=O)c1ccc(OCC(=O)O)c(Cl)c1Cl. The summed E-state index contributed by atoms with van der Waals surface area (Å²) in [5.74, 6) is -3.03. The first kappa shape index (κ1) is 25.1. The third-order valence-corrected chi connectivity index (χ3v) is 5.88. The number of ketones is 1. The third kappa shape index (κ3) is 7.75. The van der Waals surface area contributed by atoms with Crippen molar-refractivity contribution in [3.05, 3.63) is 27.7 Å². The van der Waals surface area contributed by atoms with E-state index in [1.807, 2.05) is 6.92 Å². The van der Waals surface area contributed by atoms with Gasteiger partial charge in [-0.25, -0.2) is 9.59 Å². The molecule has 0 saturated carbocycles. The molecule has 0 aliphatic carbocycles. The molecule has 160 valence electrons. The molecule has 0 heterocycles. The van der Waals surface area contributed by atoms with Crippen molar-refractivity contribution >= 4 is 58.6 Å². The van der Waals surface area contributed by atoms with Crippen LogP contribution in [0, 0.1) is 5.92 Å². The van der Waals surface area contributed by atoms with E-state index in [9.17, 15) is 19.2 Å². The minimum atomic E-state index is -1.18. The van der Waals surface area contributed by atoms with Crippen molar-refractivity contribution in [3.8, 4) is 5.75 Å². The Morgan fingerprint density at radius 1 is 1.14 bits per heavy atom. The zero-order valence-corrected chi connectivity index (χ0v) is 18.1. The molecule has 11 heteroatoms. The van der Waals surface area contributed by atoms with E-state index >= 15 is 0 Å². The van der Waals surface area contributed by atoms with Crippen LogP contribution in [0.15, 0.2) is 12.1 Å². The number of halogens is 2. The second-order valence-electron chi connectivity index (χ2n) is 6.02. The Hall–Kier alpha value is -1.97. The van der Waals surface area contributed by atoms with Crippen LogP contribution >= 0.6 is 35.0 Å². The summed E-state index contributed by atoms with van der Waals surface area (Å²) >= 11 is 13.5. The van der Waals surface area contributed by atoms with Gasteiger partial charge in [0.1, 0.15) is 16.8 Å². The number of benzene rings is 1. The lowest BCUT2D eigenvalue weighted by Crippen LogP contribution is -2.41. The number of nitrogens with one attached hydrogen (secondary N) is 1. The first-order chi connectivity index (χ1) is 13.6. The molecular formula is C18H21Cl2NO7S. The molecule has 0 bridgehead atoms. The van der Waals surface area contributed by atoms with E-state index in [4.69, 9.17) is 38.2 Å². The van der Waals surface area contributed by atoms with Gasteiger partial charge < -0.3 is 20.3 Å². The number of Topliss-reactive ketones (excluding diaryl/α,β-unsaturated/α-hetero) is 1. The van der Waals surface area contributed by atoms with Crippen LogP contribution < -0.4 is 10.1 Å². The summed E-state index contributed by atoms with van der Waals surface area (Å²) in [5.41, 5.74) is 0.170. The number of hydrogen-bond donors (Lipinski definition) is 3. The quantitative estimate of drug-likeness (QED) is 0.401. The molecule has 0 saturated heterocycles. The monoisotopic (exact) mass is 465 g/mol. The number of ether oxygens (including phenoxy) is 1. The molecule has 2 atom stereocenters. The zero-order valence-electron chi connectivity index (χ0n) is 15.7. The molecule has 1 rings (SSSR count). The number of carbonyl (C=O) groups is 4. The normalized spacial score (nSPS) is 12.7. The minimum Gasteiger partial charge on any atom is -0.480 e. The second kappa shape index (κ2) is 11.9. The lowest BCUT2D eigenvalue weighted by atomic mass is 9.97. The number of carboxylic acids is 2. The van der Waals surface area contributed by atoms with Crippen LogP contribution in [0.2, 0.25) is 10.0 Å². The molecule has 0 aliphatic heterocycles. The van der Waals surface area contributed by atoms with Crippen LogP contribution in [0.3, 0.4) is 0 Å². The number of amides is 1. The summed E-state index contributed by atoms with van der Waals surface area (Å²) in [6.45, 7) is 2.44. The fourth-order valence-electron chi connectivity index (χ4n) is 2.32. The smallest absolute Gasteiger partial charge is 0.341 e. The molecular weight excluding hydrogens is 445 g/mol. The van der Waals surface area contributed by atoms with Crippen LogP contribution in [-0.4, -0.2) is 58.0 Å². The van der Waals surface area contributed by atoms with E-state index in [2.05, 4.69) is 5.32 Å². The molecule has 29 heavy (non-hydrogen) atoms. The molecule has 3 N–H and O–H groups in total. The highest BCUT2D eigenvalue weighted by molar-refractivity contribution is 7.99. The number of aliphatic carboxylic acids is 2. The second-order valence-corrected chi connectivity index (χ2v) is 7.85. The molecule has 0 radical (unpaired) electrons. The Kier molecular flexibility index (Phi) is 10.3. The van der Waals surface area contributed by atoms with Gasteiger partial charge in [0.05, 0.1) is 5.02 Å². The highest BCUT2D eigenvalue weighted by Crippen LogP contribution is 2.36. The summed E-state index contributed by atoms with van der Waals surface area (Å²) in [4.78, 5) is 45.7. The number of thioether (sulfide) groups is 1. The molecule has 1 aromatic rings. The molecule has 0 aliphatic rings. The molecule has 1 unspecified atom stereocenters. The standard InChI is InChI=1S/C18H21Cl2NO7S/c1-3-10(7-29-8-12(18(26)27)21-9(2)22)17(25)11-4-5-13(16(20)15(11)19)28-6-14(23)24/h4-5,10,12H,3,6-8H2,1-2H3,(H,21,22)(H,23,24)(H,26,27)/t10?,12-/m1/s1. The van der Waals surface area contributed by atoms with Gasteiger partial charge in [-0.05, 0) is 18.6 Å². The summed E-state index contributed by atoms with van der Waals surface area (Å²) < 4.78 is 5.02. The van der Waals surface area contributed by atoms with Crippen molar-refractivity contribution < 1.29 is 34.1 Å². The van der Waals surface area contributed by atoms with Gasteiger partial charge in [0.15, 0.2) is 12.4 Å². The lowest BCUT2D eigenvalue weighted by molar-refractivity contribution is -0.141. The maximum absolute atomic E-state index is 12.8. The third-order valence-electron chi connectivity index (χ3n) is 3.81. The van der Waals surface area contributed by atoms with Crippen LogP contribution in [0.1, 0.15) is 30.6 Å². The molecule has 1 amide bonds. The van der Waals surface area contributed by atoms with Crippen LogP contribution in [0.5, 0.6) is 5.75 Å². The summed E-state index contributed by atoms with van der Waals surface area (Å²) in [6, 6.07) is 1.74. The van der Waals surface area contributed by atoms with Crippen molar-refractivity contribution in [2.24, 2.45) is 5.92 Å². The van der Waals surface area contributed by atoms with Crippen LogP contribution in [-0.2, 0) is 14.4 Å². The van der Waals surface area contributed by atoms with E-state index in [-0.39, 0.29) is 32.9 Å². The number of rotatable bonds is 12. The van der Waals surface area contributed by atoms with Gasteiger partial charge in [-0.3, -0.25) is 9.59 Å². The van der Waals surface area contributed by atoms with E-state index in [0.29, 0.717) is 12.2 Å². The Bertz CT molecular complexity index is 788. The van der Waals surface area contributed by atoms with Crippen molar-refractivity contribution in [3.63, 3.8) is 0 Å². The predicted molar refractivity (Wildman–Crippen MR) is 110 cm³/mol. The first-order valence-corrected chi connectivity index (χ1v) is 10.4. The summed E-state index contributed by atoms with van der Waals surface area (Å²) in [6.07, 6.45) is 0.481. The molecule has 1 aromatic carbocycles. The maximum atomic E-state index is 12.8. The summed E-state index contributed by atoms with van der Waals surface area (Å²) in [5, 5.41) is 20.0. The topological polar surface area (TPSA) is 130 Å². The summed E-state index contributed by atoms with van der Waals surface area (Å²) in [7, 11) is 0. The number of hydrogen-bond acceptors (Lipinski definition) is 6. The van der Waals surface area contributed by atoms with E-state index in [1.54, 1.807) is 0 Å². The van der Waals surface area contributed by atoms with Crippen LogP contribution in [0.4, 0.5) is 0 Å². The molecule has 0 fully saturated rings. The average molecular weight is 466 g/mol. The molecule has 8 nitrogen and oxygen atoms in total. The Labute approximate surface area is 181 Å². The van der Waals surface area contributed by atoms with E-state index < -0.39 is 36.4 Å². The van der Waals surface area contributed by atoms with Gasteiger partial charge >= 0.3 is 11.9 Å². The van der Waals surface area contributed by atoms with Gasteiger partial charge in [0, 0.05) is 29.9 Å². The van der Waals surface area contributed by atoms with Crippen molar-refractivity contribution in [2.45, 2.75) is 26.3 Å². The lowest BCUT2D eigenvalue weighted by Gasteiger charge is -2.18. The Morgan fingerprint density at radius 3 is 2.31 bits per heavy atom. The van der Waals surface area contributed by atoms with Gasteiger partial charge in [-0.2, -0.15) is 11.8 Å². The fourth-order valence-corrected chi connectivity index (χ4v) is 4.06. The molecule has 0 aromatic heterocycles. The van der Waals surface area contributed by atoms with E-state index in [0.717, 1.165) is 0 Å². The van der Waals surface area contributed by atoms with Gasteiger partial charge in [-0.1, -0.05) is 30.1 Å². The van der Waals surface area contributed by atoms with Crippen molar-refractivity contribution in [2.75, 3.05) is 18.1 Å². The largest absolute Gasteiger partial charge is 0.480 e. The number of carboxylic acid groups (broad SMARTS) is 2. The van der Waals surface area contributed by atoms with Gasteiger partial charge in [-0.15, -0.1) is 0 Å². The first-order valence-electron chi connectivity index (χ1n) is 8.52. The predicted octanol–water partition coefficient (Wildman–Crippen LogP) is 2.99. The van der Waals surface area contributed by atoms with Crippen LogP contribution in [0.25, 0.3) is 0 Å². The average Bonchev–Trinajstić information content (AvgIpc) is 2.64. The fraction of sp³-hybridized carbons (Fsp3) is 0.444. The van der Waals surface area contributed by atoms with Gasteiger partial charge in [0.2, 0.25) is 5.91 Å². The Balaban J connectivity index is 2.84. The maximum Gasteiger partial charge on any atom is 0.341 e. The van der Waals surface area contributed by atoms with E-state index in [1.165, 1.54) is 30.8 Å².